The summed E-state index contributed by atoms with van der Waals surface area (Å²) in [6.07, 6.45) is 7.81. The van der Waals surface area contributed by atoms with Gasteiger partial charge >= 0.3 is 0 Å². The third kappa shape index (κ3) is 3.28. The first-order valence-electron chi connectivity index (χ1n) is 9.61. The van der Waals surface area contributed by atoms with Crippen LogP contribution in [0, 0.1) is 5.92 Å². The van der Waals surface area contributed by atoms with E-state index in [9.17, 15) is 4.79 Å². The first-order valence-corrected chi connectivity index (χ1v) is 9.61. The number of fused-ring (bicyclic) bond motifs is 1. The van der Waals surface area contributed by atoms with Crippen LogP contribution < -0.4 is 5.32 Å². The maximum atomic E-state index is 12.8. The van der Waals surface area contributed by atoms with Crippen molar-refractivity contribution >= 4 is 5.91 Å². The molecule has 2 aliphatic heterocycles. The topological polar surface area (TPSA) is 74.0 Å². The van der Waals surface area contributed by atoms with Crippen LogP contribution >= 0.6 is 0 Å². The third-order valence-electron chi connectivity index (χ3n) is 5.31. The molecule has 1 fully saturated rings. The van der Waals surface area contributed by atoms with Crippen molar-refractivity contribution in [2.24, 2.45) is 5.92 Å². The van der Waals surface area contributed by atoms with Crippen LogP contribution in [0.1, 0.15) is 62.5 Å². The van der Waals surface area contributed by atoms with Crippen LogP contribution in [0.25, 0.3) is 0 Å². The minimum absolute atomic E-state index is 0.0370. The summed E-state index contributed by atoms with van der Waals surface area (Å²) in [5.41, 5.74) is 1.92. The van der Waals surface area contributed by atoms with Crippen molar-refractivity contribution in [1.29, 1.82) is 0 Å². The van der Waals surface area contributed by atoms with Gasteiger partial charge in [-0.05, 0) is 39.2 Å². The standard InChI is InChI=1S/C19H27N5O2/c1-13(2)24-16(6-8-21-24)18-15(7-10-26-18)19(25)20-11-14-12-23-9-4-3-5-17(23)22-14/h6,8,12-13,15,18H,3-5,7,9-11H2,1-2H3,(H,20,25)/t15-,18-/m0/s1. The van der Waals surface area contributed by atoms with E-state index in [1.165, 1.54) is 12.8 Å². The largest absolute Gasteiger partial charge is 0.371 e. The van der Waals surface area contributed by atoms with Gasteiger partial charge in [-0.2, -0.15) is 5.10 Å². The Balaban J connectivity index is 1.42. The Kier molecular flexibility index (Phi) is 4.80. The Bertz CT molecular complexity index is 755. The van der Waals surface area contributed by atoms with Crippen molar-refractivity contribution < 1.29 is 9.53 Å². The molecule has 26 heavy (non-hydrogen) atoms. The second kappa shape index (κ2) is 7.23. The molecule has 0 radical (unpaired) electrons. The molecule has 2 atom stereocenters. The van der Waals surface area contributed by atoms with Gasteiger partial charge in [0.15, 0.2) is 0 Å². The van der Waals surface area contributed by atoms with Gasteiger partial charge in [0.1, 0.15) is 11.9 Å². The molecular formula is C19H27N5O2. The fraction of sp³-hybridized carbons (Fsp3) is 0.632. The van der Waals surface area contributed by atoms with Gasteiger partial charge in [0.25, 0.3) is 0 Å². The summed E-state index contributed by atoms with van der Waals surface area (Å²) < 4.78 is 10.1. The molecule has 0 aliphatic carbocycles. The average Bonchev–Trinajstić information content (AvgIpc) is 3.36. The van der Waals surface area contributed by atoms with Gasteiger partial charge in [-0.1, -0.05) is 0 Å². The number of aryl methyl sites for hydroxylation is 2. The normalized spacial score (nSPS) is 22.6. The molecule has 1 saturated heterocycles. The summed E-state index contributed by atoms with van der Waals surface area (Å²) in [6, 6.07) is 2.20. The number of aromatic nitrogens is 4. The maximum Gasteiger partial charge on any atom is 0.226 e. The lowest BCUT2D eigenvalue weighted by molar-refractivity contribution is -0.127. The van der Waals surface area contributed by atoms with E-state index >= 15 is 0 Å². The minimum atomic E-state index is -0.227. The molecule has 2 aromatic rings. The molecular weight excluding hydrogens is 330 g/mol. The first-order chi connectivity index (χ1) is 12.6. The summed E-state index contributed by atoms with van der Waals surface area (Å²) in [7, 11) is 0. The quantitative estimate of drug-likeness (QED) is 0.892. The minimum Gasteiger partial charge on any atom is -0.371 e. The lowest BCUT2D eigenvalue weighted by Crippen LogP contribution is -2.32. The van der Waals surface area contributed by atoms with Crippen molar-refractivity contribution in [3.05, 3.63) is 35.7 Å². The number of nitrogens with one attached hydrogen (secondary N) is 1. The van der Waals surface area contributed by atoms with E-state index in [0.29, 0.717) is 13.2 Å². The molecule has 0 aromatic carbocycles. The predicted octanol–water partition coefficient (Wildman–Crippen LogP) is 2.39. The van der Waals surface area contributed by atoms with Crippen molar-refractivity contribution in [2.45, 2.75) is 64.8 Å². The number of imidazole rings is 1. The van der Waals surface area contributed by atoms with Gasteiger partial charge in [-0.15, -0.1) is 0 Å². The fourth-order valence-electron chi connectivity index (χ4n) is 4.00. The van der Waals surface area contributed by atoms with Gasteiger partial charge in [-0.3, -0.25) is 9.48 Å². The molecule has 1 amide bonds. The highest BCUT2D eigenvalue weighted by atomic mass is 16.5. The summed E-state index contributed by atoms with van der Waals surface area (Å²) in [6.45, 7) is 6.28. The number of rotatable bonds is 5. The zero-order chi connectivity index (χ0) is 18.1. The lowest BCUT2D eigenvalue weighted by atomic mass is 9.97. The van der Waals surface area contributed by atoms with E-state index in [1.807, 2.05) is 10.7 Å². The molecule has 4 heterocycles. The smallest absolute Gasteiger partial charge is 0.226 e. The van der Waals surface area contributed by atoms with Crippen LogP contribution in [-0.2, 0) is 29.0 Å². The van der Waals surface area contributed by atoms with E-state index in [0.717, 1.165) is 36.6 Å². The summed E-state index contributed by atoms with van der Waals surface area (Å²) in [5, 5.41) is 7.44. The van der Waals surface area contributed by atoms with Crippen LogP contribution in [-0.4, -0.2) is 31.8 Å². The number of ether oxygens (including phenoxy) is 1. The Labute approximate surface area is 153 Å². The van der Waals surface area contributed by atoms with Crippen molar-refractivity contribution in [3.63, 3.8) is 0 Å². The van der Waals surface area contributed by atoms with E-state index in [-0.39, 0.29) is 24.0 Å². The molecule has 2 aromatic heterocycles. The molecule has 0 saturated carbocycles. The van der Waals surface area contributed by atoms with E-state index in [1.54, 1.807) is 6.20 Å². The van der Waals surface area contributed by atoms with Crippen LogP contribution in [0.15, 0.2) is 18.5 Å². The number of amides is 1. The van der Waals surface area contributed by atoms with Crippen molar-refractivity contribution in [1.82, 2.24) is 24.6 Å². The Hall–Kier alpha value is -2.15. The Morgan fingerprint density at radius 2 is 2.31 bits per heavy atom. The Morgan fingerprint density at radius 1 is 1.42 bits per heavy atom. The predicted molar refractivity (Wildman–Crippen MR) is 96.4 cm³/mol. The zero-order valence-corrected chi connectivity index (χ0v) is 15.5. The number of hydrogen-bond acceptors (Lipinski definition) is 4. The van der Waals surface area contributed by atoms with Crippen LogP contribution in [0.2, 0.25) is 0 Å². The first kappa shape index (κ1) is 17.3. The number of hydrogen-bond donors (Lipinski definition) is 1. The summed E-state index contributed by atoms with van der Waals surface area (Å²) in [5.74, 6) is 1.000. The highest BCUT2D eigenvalue weighted by molar-refractivity contribution is 5.79. The van der Waals surface area contributed by atoms with Crippen LogP contribution in [0.5, 0.6) is 0 Å². The SMILES string of the molecule is CC(C)n1nccc1[C@H]1OCC[C@@H]1C(=O)NCc1cn2c(n1)CCCC2. The molecule has 7 heteroatoms. The monoisotopic (exact) mass is 357 g/mol. The van der Waals surface area contributed by atoms with Crippen molar-refractivity contribution in [2.75, 3.05) is 6.61 Å². The molecule has 4 rings (SSSR count). The second-order valence-corrected chi connectivity index (χ2v) is 7.50. The van der Waals surface area contributed by atoms with E-state index in [4.69, 9.17) is 4.74 Å². The molecule has 0 unspecified atom stereocenters. The lowest BCUT2D eigenvalue weighted by Gasteiger charge is -2.20. The second-order valence-electron chi connectivity index (χ2n) is 7.50. The van der Waals surface area contributed by atoms with Gasteiger partial charge < -0.3 is 14.6 Å². The number of nitrogens with zero attached hydrogens (tertiary/aromatic N) is 4. The molecule has 7 nitrogen and oxygen atoms in total. The highest BCUT2D eigenvalue weighted by Gasteiger charge is 2.37. The van der Waals surface area contributed by atoms with Gasteiger partial charge in [0.2, 0.25) is 5.91 Å². The molecule has 0 spiro atoms. The Morgan fingerprint density at radius 3 is 3.12 bits per heavy atom. The van der Waals surface area contributed by atoms with Gasteiger partial charge in [0.05, 0.1) is 23.9 Å². The highest BCUT2D eigenvalue weighted by Crippen LogP contribution is 2.35. The zero-order valence-electron chi connectivity index (χ0n) is 15.5. The molecule has 0 bridgehead atoms. The van der Waals surface area contributed by atoms with E-state index in [2.05, 4.69) is 40.0 Å². The fourth-order valence-corrected chi connectivity index (χ4v) is 4.00. The number of carbonyl (C=O) groups excluding carboxylic acids is 1. The summed E-state index contributed by atoms with van der Waals surface area (Å²) in [4.78, 5) is 17.5. The third-order valence-corrected chi connectivity index (χ3v) is 5.31. The van der Waals surface area contributed by atoms with Gasteiger partial charge in [0, 0.05) is 38.0 Å². The summed E-state index contributed by atoms with van der Waals surface area (Å²) >= 11 is 0. The maximum absolute atomic E-state index is 12.8. The van der Waals surface area contributed by atoms with Crippen LogP contribution in [0.3, 0.4) is 0 Å². The molecule has 140 valence electrons. The van der Waals surface area contributed by atoms with Crippen molar-refractivity contribution in [3.8, 4) is 0 Å². The number of carbonyl (C=O) groups is 1. The average molecular weight is 357 g/mol. The van der Waals surface area contributed by atoms with Gasteiger partial charge in [-0.25, -0.2) is 4.98 Å². The molecule has 1 N–H and O–H groups in total. The van der Waals surface area contributed by atoms with Crippen LogP contribution in [0.4, 0.5) is 0 Å². The van der Waals surface area contributed by atoms with E-state index < -0.39 is 0 Å². The molecule has 2 aliphatic rings.